The highest BCUT2D eigenvalue weighted by molar-refractivity contribution is 7.80. The highest BCUT2D eigenvalue weighted by atomic mass is 32.1. The zero-order valence-corrected chi connectivity index (χ0v) is 10.2. The highest BCUT2D eigenvalue weighted by Gasteiger charge is 2.29. The topological polar surface area (TPSA) is 72.9 Å². The minimum absolute atomic E-state index is 0.567. The summed E-state index contributed by atoms with van der Waals surface area (Å²) in [5.74, 6) is 0.761. The van der Waals surface area contributed by atoms with Crippen molar-refractivity contribution in [3.63, 3.8) is 0 Å². The molecule has 6 nitrogen and oxygen atoms in total. The number of aryl methyl sites for hydroxylation is 1. The Morgan fingerprint density at radius 2 is 2.38 bits per heavy atom. The first kappa shape index (κ1) is 11.4. The van der Waals surface area contributed by atoms with Gasteiger partial charge in [0, 0.05) is 19.0 Å². The van der Waals surface area contributed by atoms with Gasteiger partial charge >= 0.3 is 0 Å². The Morgan fingerprint density at radius 3 is 2.88 bits per heavy atom. The molecular weight excluding hydrogens is 224 g/mol. The first-order chi connectivity index (χ1) is 7.65. The van der Waals surface area contributed by atoms with E-state index < -0.39 is 0 Å². The van der Waals surface area contributed by atoms with Gasteiger partial charge in [0.2, 0.25) is 0 Å². The largest absolute Gasteiger partial charge is 0.393 e. The molecule has 1 aliphatic carbocycles. The van der Waals surface area contributed by atoms with Crippen LogP contribution >= 0.6 is 12.2 Å². The van der Waals surface area contributed by atoms with Gasteiger partial charge in [0.1, 0.15) is 0 Å². The summed E-state index contributed by atoms with van der Waals surface area (Å²) >= 11 is 4.89. The zero-order chi connectivity index (χ0) is 11.5. The normalized spacial score (nSPS) is 15.6. The van der Waals surface area contributed by atoms with Crippen LogP contribution in [0.15, 0.2) is 0 Å². The molecule has 7 heteroatoms. The number of thiocarbonyl (C=S) groups is 1. The Labute approximate surface area is 99.8 Å². The van der Waals surface area contributed by atoms with E-state index in [2.05, 4.69) is 20.3 Å². The van der Waals surface area contributed by atoms with E-state index in [0.29, 0.717) is 11.0 Å². The molecule has 0 radical (unpaired) electrons. The summed E-state index contributed by atoms with van der Waals surface area (Å²) in [6.07, 6.45) is 3.25. The van der Waals surface area contributed by atoms with Gasteiger partial charge in [-0.15, -0.1) is 10.2 Å². The fourth-order valence-corrected chi connectivity index (χ4v) is 1.74. The summed E-state index contributed by atoms with van der Waals surface area (Å²) < 4.78 is 0. The van der Waals surface area contributed by atoms with Gasteiger partial charge in [0.15, 0.2) is 5.82 Å². The lowest BCUT2D eigenvalue weighted by Crippen LogP contribution is -2.29. The molecule has 1 aromatic heterocycles. The molecule has 1 heterocycles. The van der Waals surface area contributed by atoms with Crippen LogP contribution in [0.3, 0.4) is 0 Å². The van der Waals surface area contributed by atoms with Crippen LogP contribution in [0, 0.1) is 0 Å². The lowest BCUT2D eigenvalue weighted by atomic mass is 10.3. The molecule has 2 rings (SSSR count). The van der Waals surface area contributed by atoms with Crippen LogP contribution < -0.4 is 5.73 Å². The van der Waals surface area contributed by atoms with Crippen molar-refractivity contribution < 1.29 is 0 Å². The molecule has 0 spiro atoms. The van der Waals surface area contributed by atoms with Crippen molar-refractivity contribution in [3.05, 3.63) is 5.82 Å². The smallest absolute Gasteiger partial charge is 0.188 e. The molecule has 1 aliphatic rings. The van der Waals surface area contributed by atoms with Gasteiger partial charge in [-0.3, -0.25) is 4.90 Å². The van der Waals surface area contributed by atoms with E-state index in [0.717, 1.165) is 25.3 Å². The standard InChI is InChI=1S/C9H16N6S/c1-14-12-9(11-13-14)6-15(7-2-3-7)5-4-8(10)16/h7H,2-6H2,1H3,(H2,10,16). The Morgan fingerprint density at radius 1 is 1.62 bits per heavy atom. The third kappa shape index (κ3) is 3.21. The van der Waals surface area contributed by atoms with E-state index in [1.165, 1.54) is 17.6 Å². The highest BCUT2D eigenvalue weighted by Crippen LogP contribution is 2.27. The Hall–Kier alpha value is -1.08. The van der Waals surface area contributed by atoms with Gasteiger partial charge < -0.3 is 5.73 Å². The van der Waals surface area contributed by atoms with E-state index in [1.54, 1.807) is 7.05 Å². The van der Waals surface area contributed by atoms with E-state index in [1.807, 2.05) is 0 Å². The predicted octanol–water partition coefficient (Wildman–Crippen LogP) is -0.149. The summed E-state index contributed by atoms with van der Waals surface area (Å²) in [4.78, 5) is 4.38. The van der Waals surface area contributed by atoms with Crippen molar-refractivity contribution in [1.82, 2.24) is 25.1 Å². The van der Waals surface area contributed by atoms with E-state index in [4.69, 9.17) is 18.0 Å². The number of hydrogen-bond acceptors (Lipinski definition) is 5. The minimum atomic E-state index is 0.567. The molecule has 0 bridgehead atoms. The van der Waals surface area contributed by atoms with Crippen molar-refractivity contribution in [3.8, 4) is 0 Å². The average molecular weight is 240 g/mol. The number of tetrazole rings is 1. The predicted molar refractivity (Wildman–Crippen MR) is 63.6 cm³/mol. The second-order valence-electron chi connectivity index (χ2n) is 4.11. The van der Waals surface area contributed by atoms with Crippen molar-refractivity contribution in [2.45, 2.75) is 31.8 Å². The van der Waals surface area contributed by atoms with Gasteiger partial charge in [0.05, 0.1) is 18.6 Å². The van der Waals surface area contributed by atoms with Gasteiger partial charge in [-0.25, -0.2) is 0 Å². The Bertz CT molecular complexity index is 372. The molecule has 0 unspecified atom stereocenters. The zero-order valence-electron chi connectivity index (χ0n) is 9.33. The van der Waals surface area contributed by atoms with Crippen LogP contribution in [0.5, 0.6) is 0 Å². The molecule has 0 aromatic carbocycles. The maximum atomic E-state index is 5.52. The molecule has 88 valence electrons. The number of rotatable bonds is 6. The quantitative estimate of drug-likeness (QED) is 0.697. The summed E-state index contributed by atoms with van der Waals surface area (Å²) in [7, 11) is 1.77. The monoisotopic (exact) mass is 240 g/mol. The van der Waals surface area contributed by atoms with Crippen LogP contribution in [0.2, 0.25) is 0 Å². The third-order valence-electron chi connectivity index (χ3n) is 2.60. The van der Waals surface area contributed by atoms with Gasteiger partial charge in [-0.05, 0) is 18.1 Å². The number of hydrogen-bond donors (Lipinski definition) is 1. The first-order valence-corrected chi connectivity index (χ1v) is 5.81. The molecule has 16 heavy (non-hydrogen) atoms. The minimum Gasteiger partial charge on any atom is -0.393 e. The van der Waals surface area contributed by atoms with Crippen LogP contribution in [0.4, 0.5) is 0 Å². The van der Waals surface area contributed by atoms with Gasteiger partial charge in [-0.1, -0.05) is 12.2 Å². The lowest BCUT2D eigenvalue weighted by Gasteiger charge is -2.19. The molecule has 1 fully saturated rings. The maximum Gasteiger partial charge on any atom is 0.188 e. The van der Waals surface area contributed by atoms with Crippen LogP contribution in [-0.4, -0.2) is 42.7 Å². The van der Waals surface area contributed by atoms with Crippen molar-refractivity contribution >= 4 is 17.2 Å². The molecule has 0 atom stereocenters. The summed E-state index contributed by atoms with van der Waals surface area (Å²) in [5.41, 5.74) is 5.52. The SMILES string of the molecule is Cn1nnc(CN(CCC(N)=S)C2CC2)n1. The van der Waals surface area contributed by atoms with Crippen LogP contribution in [0.1, 0.15) is 25.1 Å². The molecule has 0 aliphatic heterocycles. The number of aromatic nitrogens is 4. The van der Waals surface area contributed by atoms with Crippen molar-refractivity contribution in [1.29, 1.82) is 0 Å². The van der Waals surface area contributed by atoms with Gasteiger partial charge in [-0.2, -0.15) is 4.80 Å². The van der Waals surface area contributed by atoms with E-state index >= 15 is 0 Å². The second kappa shape index (κ2) is 4.84. The van der Waals surface area contributed by atoms with Crippen LogP contribution in [0.25, 0.3) is 0 Å². The summed E-state index contributed by atoms with van der Waals surface area (Å²) in [6, 6.07) is 0.651. The van der Waals surface area contributed by atoms with Crippen molar-refractivity contribution in [2.75, 3.05) is 6.54 Å². The molecular formula is C9H16N6S. The molecule has 2 N–H and O–H groups in total. The second-order valence-corrected chi connectivity index (χ2v) is 4.64. The summed E-state index contributed by atoms with van der Waals surface area (Å²) in [5, 5.41) is 12.0. The Kier molecular flexibility index (Phi) is 3.45. The average Bonchev–Trinajstić information content (AvgIpc) is 2.98. The molecule has 0 amide bonds. The van der Waals surface area contributed by atoms with E-state index in [-0.39, 0.29) is 0 Å². The third-order valence-corrected chi connectivity index (χ3v) is 2.81. The van der Waals surface area contributed by atoms with E-state index in [9.17, 15) is 0 Å². The summed E-state index contributed by atoms with van der Waals surface area (Å²) in [6.45, 7) is 1.62. The van der Waals surface area contributed by atoms with Crippen molar-refractivity contribution in [2.24, 2.45) is 12.8 Å². The fourth-order valence-electron chi connectivity index (χ4n) is 1.65. The first-order valence-electron chi connectivity index (χ1n) is 5.40. The number of nitrogens with two attached hydrogens (primary N) is 1. The lowest BCUT2D eigenvalue weighted by molar-refractivity contribution is 0.255. The fraction of sp³-hybridized carbons (Fsp3) is 0.778. The van der Waals surface area contributed by atoms with Crippen LogP contribution in [-0.2, 0) is 13.6 Å². The maximum absolute atomic E-state index is 5.52. The molecule has 1 saturated carbocycles. The number of nitrogens with zero attached hydrogens (tertiary/aromatic N) is 5. The van der Waals surface area contributed by atoms with Gasteiger partial charge in [0.25, 0.3) is 0 Å². The molecule has 1 aromatic rings. The Balaban J connectivity index is 1.89. The molecule has 0 saturated heterocycles.